The van der Waals surface area contributed by atoms with Crippen LogP contribution in [0, 0.1) is 30.6 Å². The Kier molecular flexibility index (Phi) is 6.92. The van der Waals surface area contributed by atoms with Gasteiger partial charge in [0, 0.05) is 11.3 Å². The van der Waals surface area contributed by atoms with Crippen molar-refractivity contribution in [1.82, 2.24) is 15.0 Å². The van der Waals surface area contributed by atoms with E-state index in [4.69, 9.17) is 10.5 Å². The molecule has 2 aromatic heterocycles. The van der Waals surface area contributed by atoms with E-state index < -0.39 is 6.43 Å². The number of hydrogen-bond acceptors (Lipinski definition) is 6. The minimum absolute atomic E-state index is 0.0128. The van der Waals surface area contributed by atoms with Crippen LogP contribution in [0.25, 0.3) is 22.4 Å². The first-order valence-corrected chi connectivity index (χ1v) is 10.6. The van der Waals surface area contributed by atoms with Crippen molar-refractivity contribution < 1.29 is 13.5 Å². The van der Waals surface area contributed by atoms with Crippen molar-refractivity contribution in [1.29, 1.82) is 5.26 Å². The van der Waals surface area contributed by atoms with Crippen LogP contribution in [0.2, 0.25) is 0 Å². The molecule has 0 radical (unpaired) electrons. The Balaban J connectivity index is 2.29. The second-order valence-electron chi connectivity index (χ2n) is 9.08. The molecule has 3 rings (SSSR count). The summed E-state index contributed by atoms with van der Waals surface area (Å²) in [6.07, 6.45) is -2.00. The minimum atomic E-state index is -2.74. The van der Waals surface area contributed by atoms with Gasteiger partial charge in [0.2, 0.25) is 11.8 Å². The zero-order valence-electron chi connectivity index (χ0n) is 19.4. The van der Waals surface area contributed by atoms with Crippen molar-refractivity contribution in [3.8, 4) is 34.3 Å². The third kappa shape index (κ3) is 5.61. The van der Waals surface area contributed by atoms with E-state index in [1.165, 1.54) is 6.07 Å². The first-order valence-electron chi connectivity index (χ1n) is 10.6. The number of anilines is 1. The molecule has 0 aliphatic heterocycles. The van der Waals surface area contributed by atoms with Crippen molar-refractivity contribution in [2.45, 2.75) is 47.5 Å². The summed E-state index contributed by atoms with van der Waals surface area (Å²) in [7, 11) is 0. The molecule has 0 fully saturated rings. The number of aromatic nitrogens is 3. The fourth-order valence-corrected chi connectivity index (χ4v) is 3.43. The van der Waals surface area contributed by atoms with Gasteiger partial charge in [-0.25, -0.2) is 13.8 Å². The Morgan fingerprint density at radius 3 is 2.48 bits per heavy atom. The van der Waals surface area contributed by atoms with Gasteiger partial charge in [0.15, 0.2) is 0 Å². The van der Waals surface area contributed by atoms with Crippen LogP contribution in [0.3, 0.4) is 0 Å². The first kappa shape index (κ1) is 24.1. The largest absolute Gasteiger partial charge is 0.477 e. The average Bonchev–Trinajstić information content (AvgIpc) is 2.72. The molecule has 0 saturated carbocycles. The van der Waals surface area contributed by atoms with Crippen molar-refractivity contribution in [2.75, 3.05) is 12.3 Å². The third-order valence-electron chi connectivity index (χ3n) is 5.18. The van der Waals surface area contributed by atoms with Crippen LogP contribution >= 0.6 is 0 Å². The average molecular weight is 452 g/mol. The number of alkyl halides is 2. The lowest BCUT2D eigenvalue weighted by Crippen LogP contribution is -2.13. The number of nitriles is 1. The quantitative estimate of drug-likeness (QED) is 0.491. The SMILES string of the molecule is Cc1cc(-c2c(OCCC(C)(C)C)nc(N)nc2-c2cccc(C#N)c2C)cc(C(F)F)n1. The zero-order chi connectivity index (χ0) is 24.3. The van der Waals surface area contributed by atoms with E-state index in [0.29, 0.717) is 45.8 Å². The lowest BCUT2D eigenvalue weighted by Gasteiger charge is -2.20. The van der Waals surface area contributed by atoms with E-state index in [9.17, 15) is 14.0 Å². The number of hydrogen-bond donors (Lipinski definition) is 1. The smallest absolute Gasteiger partial charge is 0.280 e. The molecule has 0 aliphatic carbocycles. The first-order chi connectivity index (χ1) is 15.5. The number of nitrogen functional groups attached to an aromatic ring is 1. The fourth-order valence-electron chi connectivity index (χ4n) is 3.43. The molecule has 0 aliphatic rings. The van der Waals surface area contributed by atoms with Gasteiger partial charge in [0.1, 0.15) is 5.69 Å². The Morgan fingerprint density at radius 2 is 1.85 bits per heavy atom. The summed E-state index contributed by atoms with van der Waals surface area (Å²) in [6.45, 7) is 10.1. The van der Waals surface area contributed by atoms with Crippen LogP contribution in [0.15, 0.2) is 30.3 Å². The molecule has 0 atom stereocenters. The van der Waals surface area contributed by atoms with E-state index >= 15 is 0 Å². The van der Waals surface area contributed by atoms with E-state index in [1.54, 1.807) is 32.0 Å². The molecule has 2 N–H and O–H groups in total. The number of benzene rings is 1. The topological polar surface area (TPSA) is 97.7 Å². The standard InChI is InChI=1S/C25H27F2N5O/c1-14-11-17(12-19(30-14)22(26)27)20-21(18-8-6-7-16(13-28)15(18)2)31-24(29)32-23(20)33-10-9-25(3,4)5/h6-8,11-12,22H,9-10H2,1-5H3,(H2,29,31,32). The normalized spacial score (nSPS) is 11.5. The molecule has 0 unspecified atom stereocenters. The summed E-state index contributed by atoms with van der Waals surface area (Å²) in [4.78, 5) is 12.7. The van der Waals surface area contributed by atoms with Gasteiger partial charge in [0.05, 0.1) is 29.5 Å². The van der Waals surface area contributed by atoms with Crippen molar-refractivity contribution in [3.63, 3.8) is 0 Å². The molecule has 0 saturated heterocycles. The summed E-state index contributed by atoms with van der Waals surface area (Å²) in [5.74, 6) is 0.190. The minimum Gasteiger partial charge on any atom is -0.477 e. The number of nitrogens with two attached hydrogens (primary N) is 1. The molecular formula is C25H27F2N5O. The van der Waals surface area contributed by atoms with Gasteiger partial charge in [-0.05, 0) is 55.0 Å². The van der Waals surface area contributed by atoms with Gasteiger partial charge in [-0.1, -0.05) is 32.9 Å². The molecule has 0 amide bonds. The molecule has 2 heterocycles. The highest BCUT2D eigenvalue weighted by molar-refractivity contribution is 5.86. The molecular weight excluding hydrogens is 424 g/mol. The second-order valence-corrected chi connectivity index (χ2v) is 9.08. The highest BCUT2D eigenvalue weighted by Gasteiger charge is 2.23. The predicted molar refractivity (Wildman–Crippen MR) is 124 cm³/mol. The number of rotatable bonds is 6. The van der Waals surface area contributed by atoms with Crippen LogP contribution in [0.5, 0.6) is 5.88 Å². The second kappa shape index (κ2) is 9.49. The number of aryl methyl sites for hydroxylation is 1. The maximum atomic E-state index is 13.5. The maximum Gasteiger partial charge on any atom is 0.280 e. The van der Waals surface area contributed by atoms with E-state index in [-0.39, 0.29) is 22.9 Å². The third-order valence-corrected chi connectivity index (χ3v) is 5.18. The lowest BCUT2D eigenvalue weighted by atomic mass is 9.93. The monoisotopic (exact) mass is 451 g/mol. The Bertz CT molecular complexity index is 1210. The molecule has 6 nitrogen and oxygen atoms in total. The summed E-state index contributed by atoms with van der Waals surface area (Å²) < 4.78 is 33.1. The number of nitrogens with zero attached hydrogens (tertiary/aromatic N) is 4. The Labute approximate surface area is 192 Å². The summed E-state index contributed by atoms with van der Waals surface area (Å²) in [5, 5.41) is 9.49. The van der Waals surface area contributed by atoms with Crippen molar-refractivity contribution >= 4 is 5.95 Å². The van der Waals surface area contributed by atoms with Crippen molar-refractivity contribution in [3.05, 3.63) is 52.8 Å². The van der Waals surface area contributed by atoms with Crippen LogP contribution in [-0.2, 0) is 0 Å². The molecule has 8 heteroatoms. The van der Waals surface area contributed by atoms with Gasteiger partial charge in [-0.3, -0.25) is 4.98 Å². The molecule has 3 aromatic rings. The van der Waals surface area contributed by atoms with E-state index in [0.717, 1.165) is 6.42 Å². The van der Waals surface area contributed by atoms with Gasteiger partial charge < -0.3 is 10.5 Å². The van der Waals surface area contributed by atoms with Crippen LogP contribution < -0.4 is 10.5 Å². The summed E-state index contributed by atoms with van der Waals surface area (Å²) in [6, 6.07) is 10.4. The summed E-state index contributed by atoms with van der Waals surface area (Å²) in [5.41, 5.74) is 9.23. The summed E-state index contributed by atoms with van der Waals surface area (Å²) >= 11 is 0. The van der Waals surface area contributed by atoms with Gasteiger partial charge in [0.25, 0.3) is 6.43 Å². The fraction of sp³-hybridized carbons (Fsp3) is 0.360. The lowest BCUT2D eigenvalue weighted by molar-refractivity contribution is 0.146. The van der Waals surface area contributed by atoms with Gasteiger partial charge >= 0.3 is 0 Å². The molecule has 0 spiro atoms. The highest BCUT2D eigenvalue weighted by atomic mass is 19.3. The maximum absolute atomic E-state index is 13.5. The Hall–Kier alpha value is -3.60. The molecule has 172 valence electrons. The number of halogens is 2. The van der Waals surface area contributed by atoms with Gasteiger partial charge in [-0.2, -0.15) is 10.2 Å². The van der Waals surface area contributed by atoms with E-state index in [2.05, 4.69) is 41.8 Å². The van der Waals surface area contributed by atoms with Crippen molar-refractivity contribution in [2.24, 2.45) is 5.41 Å². The van der Waals surface area contributed by atoms with E-state index in [1.807, 2.05) is 6.07 Å². The molecule has 33 heavy (non-hydrogen) atoms. The Morgan fingerprint density at radius 1 is 1.12 bits per heavy atom. The number of pyridine rings is 1. The zero-order valence-corrected chi connectivity index (χ0v) is 19.4. The van der Waals surface area contributed by atoms with Crippen LogP contribution in [-0.4, -0.2) is 21.6 Å². The predicted octanol–water partition coefficient (Wildman–Crippen LogP) is 6.03. The molecule has 1 aromatic carbocycles. The number of ether oxygens (including phenoxy) is 1. The van der Waals surface area contributed by atoms with Gasteiger partial charge in [-0.15, -0.1) is 0 Å². The van der Waals surface area contributed by atoms with Crippen LogP contribution in [0.1, 0.15) is 56.1 Å². The van der Waals surface area contributed by atoms with Crippen LogP contribution in [0.4, 0.5) is 14.7 Å². The highest BCUT2D eigenvalue weighted by Crippen LogP contribution is 2.40. The molecule has 0 bridgehead atoms.